The summed E-state index contributed by atoms with van der Waals surface area (Å²) in [5.41, 5.74) is 0.0102. The Morgan fingerprint density at radius 2 is 1.92 bits per heavy atom. The van der Waals surface area contributed by atoms with Crippen molar-refractivity contribution in [2.24, 2.45) is 4.99 Å². The number of amides is 1. The van der Waals surface area contributed by atoms with E-state index in [4.69, 9.17) is 0 Å². The smallest absolute Gasteiger partial charge is 0.241 e. The van der Waals surface area contributed by atoms with Crippen molar-refractivity contribution in [3.63, 3.8) is 0 Å². The van der Waals surface area contributed by atoms with Crippen molar-refractivity contribution in [2.45, 2.75) is 26.3 Å². The molecule has 2 rings (SSSR count). The molecule has 1 aliphatic rings. The highest BCUT2D eigenvalue weighted by Crippen LogP contribution is 2.26. The van der Waals surface area contributed by atoms with Gasteiger partial charge in [-0.2, -0.15) is 0 Å². The van der Waals surface area contributed by atoms with E-state index in [9.17, 15) is 13.6 Å². The zero-order valence-corrected chi connectivity index (χ0v) is 14.6. The van der Waals surface area contributed by atoms with Crippen LogP contribution in [0.15, 0.2) is 23.2 Å². The molecule has 0 spiro atoms. The highest BCUT2D eigenvalue weighted by atomic mass is 19.1. The zero-order chi connectivity index (χ0) is 18.2. The van der Waals surface area contributed by atoms with E-state index in [1.165, 1.54) is 18.2 Å². The van der Waals surface area contributed by atoms with Crippen LogP contribution in [0.2, 0.25) is 0 Å². The predicted octanol–water partition coefficient (Wildman–Crippen LogP) is 1.23. The molecule has 1 aliphatic heterocycles. The van der Waals surface area contributed by atoms with Crippen LogP contribution in [0.5, 0.6) is 0 Å². The first kappa shape index (κ1) is 19.0. The molecule has 0 aliphatic carbocycles. The Bertz CT molecular complexity index is 603. The molecular formula is C17H25F2N5O. The molecule has 25 heavy (non-hydrogen) atoms. The third-order valence-electron chi connectivity index (χ3n) is 3.88. The molecule has 1 atom stereocenters. The summed E-state index contributed by atoms with van der Waals surface area (Å²) in [5, 5.41) is 8.99. The number of aliphatic imine (C=N–C) groups is 1. The van der Waals surface area contributed by atoms with Crippen LogP contribution in [0.1, 0.15) is 20.3 Å². The molecule has 3 N–H and O–H groups in total. The first-order valence-corrected chi connectivity index (χ1v) is 8.55. The van der Waals surface area contributed by atoms with Gasteiger partial charge < -0.3 is 20.9 Å². The second kappa shape index (κ2) is 9.19. The number of rotatable bonds is 6. The molecule has 1 heterocycles. The van der Waals surface area contributed by atoms with E-state index in [2.05, 4.69) is 20.9 Å². The number of guanidine groups is 1. The quantitative estimate of drug-likeness (QED) is 0.532. The Labute approximate surface area is 146 Å². The summed E-state index contributed by atoms with van der Waals surface area (Å²) in [6.45, 7) is 6.03. The van der Waals surface area contributed by atoms with E-state index in [0.29, 0.717) is 32.1 Å². The van der Waals surface area contributed by atoms with E-state index in [1.54, 1.807) is 4.90 Å². The largest absolute Gasteiger partial charge is 0.365 e. The van der Waals surface area contributed by atoms with E-state index < -0.39 is 11.6 Å². The van der Waals surface area contributed by atoms with Crippen LogP contribution >= 0.6 is 0 Å². The van der Waals surface area contributed by atoms with E-state index in [-0.39, 0.29) is 24.2 Å². The van der Waals surface area contributed by atoms with Gasteiger partial charge in [0.2, 0.25) is 5.91 Å². The Hall–Kier alpha value is -2.38. The number of nitrogens with one attached hydrogen (secondary N) is 3. The molecule has 0 saturated carbocycles. The number of carbonyl (C=O) groups excluding carboxylic acids is 1. The standard InChI is InChI=1S/C17H25F2N5O/c1-3-20-15(25)10-22-17(21-4-2)23-12-8-9-24(11-12)16-13(18)6-5-7-14(16)19/h5-7,12H,3-4,8-11H2,1-2H3,(H,20,25)(H2,21,22,23). The predicted molar refractivity (Wildman–Crippen MR) is 94.8 cm³/mol. The summed E-state index contributed by atoms with van der Waals surface area (Å²) in [5.74, 6) is -0.745. The van der Waals surface area contributed by atoms with Crippen molar-refractivity contribution in [3.8, 4) is 0 Å². The Balaban J connectivity index is 1.97. The SMILES string of the molecule is CCNC(=O)CN=C(NCC)NC1CCN(c2c(F)cccc2F)C1. The Morgan fingerprint density at radius 3 is 2.56 bits per heavy atom. The molecule has 0 bridgehead atoms. The third-order valence-corrected chi connectivity index (χ3v) is 3.88. The third kappa shape index (κ3) is 5.30. The highest BCUT2D eigenvalue weighted by Gasteiger charge is 2.27. The second-order valence-corrected chi connectivity index (χ2v) is 5.79. The number of likely N-dealkylation sites (N-methyl/N-ethyl adjacent to an activating group) is 1. The monoisotopic (exact) mass is 353 g/mol. The fraction of sp³-hybridized carbons (Fsp3) is 0.529. The van der Waals surface area contributed by atoms with Gasteiger partial charge in [0.25, 0.3) is 0 Å². The van der Waals surface area contributed by atoms with Gasteiger partial charge >= 0.3 is 0 Å². The number of benzene rings is 1. The van der Waals surface area contributed by atoms with Gasteiger partial charge in [-0.05, 0) is 32.4 Å². The maximum atomic E-state index is 13.9. The van der Waals surface area contributed by atoms with E-state index in [1.807, 2.05) is 13.8 Å². The van der Waals surface area contributed by atoms with Crippen molar-refractivity contribution in [1.82, 2.24) is 16.0 Å². The average molecular weight is 353 g/mol. The summed E-state index contributed by atoms with van der Waals surface area (Å²) in [7, 11) is 0. The topological polar surface area (TPSA) is 68.8 Å². The number of carbonyl (C=O) groups is 1. The second-order valence-electron chi connectivity index (χ2n) is 5.79. The number of hydrogen-bond acceptors (Lipinski definition) is 3. The van der Waals surface area contributed by atoms with Crippen LogP contribution in [0.4, 0.5) is 14.5 Å². The number of para-hydroxylation sites is 1. The van der Waals surface area contributed by atoms with Crippen molar-refractivity contribution >= 4 is 17.6 Å². The van der Waals surface area contributed by atoms with Gasteiger partial charge in [0, 0.05) is 32.2 Å². The molecule has 1 unspecified atom stereocenters. The van der Waals surface area contributed by atoms with Gasteiger partial charge in [-0.1, -0.05) is 6.07 Å². The average Bonchev–Trinajstić information content (AvgIpc) is 3.01. The molecule has 1 amide bonds. The minimum absolute atomic E-state index is 0.00829. The van der Waals surface area contributed by atoms with Gasteiger partial charge in [0.1, 0.15) is 23.9 Å². The normalized spacial score (nSPS) is 17.5. The van der Waals surface area contributed by atoms with Crippen molar-refractivity contribution in [2.75, 3.05) is 37.6 Å². The summed E-state index contributed by atoms with van der Waals surface area (Å²) in [6.07, 6.45) is 0.722. The lowest BCUT2D eigenvalue weighted by atomic mass is 10.2. The molecule has 138 valence electrons. The van der Waals surface area contributed by atoms with Crippen LogP contribution < -0.4 is 20.9 Å². The summed E-state index contributed by atoms with van der Waals surface area (Å²) >= 11 is 0. The lowest BCUT2D eigenvalue weighted by molar-refractivity contribution is -0.119. The van der Waals surface area contributed by atoms with Crippen molar-refractivity contribution in [1.29, 1.82) is 0 Å². The first-order chi connectivity index (χ1) is 12.0. The molecule has 1 aromatic carbocycles. The molecule has 0 radical (unpaired) electrons. The van der Waals surface area contributed by atoms with Gasteiger partial charge in [0.15, 0.2) is 5.96 Å². The van der Waals surface area contributed by atoms with Crippen LogP contribution in [0, 0.1) is 11.6 Å². The lowest BCUT2D eigenvalue weighted by Crippen LogP contribution is -2.45. The van der Waals surface area contributed by atoms with Gasteiger partial charge in [-0.25, -0.2) is 13.8 Å². The molecule has 6 nitrogen and oxygen atoms in total. The maximum absolute atomic E-state index is 13.9. The zero-order valence-electron chi connectivity index (χ0n) is 14.6. The summed E-state index contributed by atoms with van der Waals surface area (Å²) < 4.78 is 27.8. The number of anilines is 1. The summed E-state index contributed by atoms with van der Waals surface area (Å²) in [6, 6.07) is 3.87. The minimum Gasteiger partial charge on any atom is -0.365 e. The number of halogens is 2. The van der Waals surface area contributed by atoms with E-state index >= 15 is 0 Å². The van der Waals surface area contributed by atoms with Crippen molar-refractivity contribution in [3.05, 3.63) is 29.8 Å². The van der Waals surface area contributed by atoms with Crippen LogP contribution in [0.25, 0.3) is 0 Å². The van der Waals surface area contributed by atoms with Gasteiger partial charge in [-0.15, -0.1) is 0 Å². The maximum Gasteiger partial charge on any atom is 0.241 e. The van der Waals surface area contributed by atoms with E-state index in [0.717, 1.165) is 6.42 Å². The minimum atomic E-state index is -0.558. The Morgan fingerprint density at radius 1 is 1.24 bits per heavy atom. The molecule has 0 aromatic heterocycles. The molecule has 8 heteroatoms. The van der Waals surface area contributed by atoms with Crippen LogP contribution in [0.3, 0.4) is 0 Å². The molecule has 1 fully saturated rings. The lowest BCUT2D eigenvalue weighted by Gasteiger charge is -2.21. The molecular weight excluding hydrogens is 328 g/mol. The summed E-state index contributed by atoms with van der Waals surface area (Å²) in [4.78, 5) is 17.5. The molecule has 1 saturated heterocycles. The number of hydrogen-bond donors (Lipinski definition) is 3. The Kier molecular flexibility index (Phi) is 6.97. The van der Waals surface area contributed by atoms with Crippen LogP contribution in [-0.4, -0.2) is 50.6 Å². The fourth-order valence-electron chi connectivity index (χ4n) is 2.79. The highest BCUT2D eigenvalue weighted by molar-refractivity contribution is 5.85. The van der Waals surface area contributed by atoms with Crippen molar-refractivity contribution < 1.29 is 13.6 Å². The number of nitrogens with zero attached hydrogens (tertiary/aromatic N) is 2. The van der Waals surface area contributed by atoms with Gasteiger partial charge in [-0.3, -0.25) is 4.79 Å². The molecule has 1 aromatic rings. The fourth-order valence-corrected chi connectivity index (χ4v) is 2.79. The van der Waals surface area contributed by atoms with Crippen LogP contribution in [-0.2, 0) is 4.79 Å². The van der Waals surface area contributed by atoms with Gasteiger partial charge in [0.05, 0.1) is 0 Å². The first-order valence-electron chi connectivity index (χ1n) is 8.55.